The molecule has 2 atom stereocenters. The van der Waals surface area contributed by atoms with Crippen LogP contribution >= 0.6 is 11.3 Å². The van der Waals surface area contributed by atoms with Gasteiger partial charge < -0.3 is 10.2 Å². The molecule has 1 aliphatic carbocycles. The average Bonchev–Trinajstić information content (AvgIpc) is 3.25. The Hall–Kier alpha value is -1.43. The molecule has 5 nitrogen and oxygen atoms in total. The molecule has 0 bridgehead atoms. The second-order valence-corrected chi connectivity index (χ2v) is 7.64. The summed E-state index contributed by atoms with van der Waals surface area (Å²) in [5.74, 6) is 0.773. The topological polar surface area (TPSA) is 62.3 Å². The van der Waals surface area contributed by atoms with Crippen LogP contribution in [0.4, 0.5) is 0 Å². The van der Waals surface area contributed by atoms with Gasteiger partial charge in [-0.3, -0.25) is 9.59 Å². The molecule has 0 radical (unpaired) electrons. The zero-order valence-corrected chi connectivity index (χ0v) is 14.5. The number of carbonyl (C=O) groups excluding carboxylic acids is 2. The van der Waals surface area contributed by atoms with Crippen LogP contribution in [-0.2, 0) is 9.59 Å². The molecular formula is C17H25N3O2S. The van der Waals surface area contributed by atoms with Crippen molar-refractivity contribution >= 4 is 23.2 Å². The van der Waals surface area contributed by atoms with Crippen LogP contribution in [-0.4, -0.2) is 34.8 Å². The largest absolute Gasteiger partial charge is 0.347 e. The zero-order chi connectivity index (χ0) is 16.2. The average molecular weight is 335 g/mol. The molecule has 1 saturated carbocycles. The van der Waals surface area contributed by atoms with E-state index in [0.29, 0.717) is 5.91 Å². The van der Waals surface area contributed by atoms with Gasteiger partial charge in [-0.1, -0.05) is 12.8 Å². The third kappa shape index (κ3) is 3.91. The Morgan fingerprint density at radius 3 is 2.74 bits per heavy atom. The van der Waals surface area contributed by atoms with Gasteiger partial charge in [-0.15, -0.1) is 11.3 Å². The lowest BCUT2D eigenvalue weighted by Gasteiger charge is -2.37. The van der Waals surface area contributed by atoms with Gasteiger partial charge in [0.15, 0.2) is 0 Å². The third-order valence-electron chi connectivity index (χ3n) is 5.02. The molecule has 6 heteroatoms. The Morgan fingerprint density at radius 1 is 1.30 bits per heavy atom. The van der Waals surface area contributed by atoms with Crippen LogP contribution in [0.15, 0.2) is 11.6 Å². The number of carbonyl (C=O) groups is 2. The minimum atomic E-state index is -0.0771. The van der Waals surface area contributed by atoms with Crippen molar-refractivity contribution in [3.8, 4) is 0 Å². The van der Waals surface area contributed by atoms with Crippen LogP contribution in [0, 0.1) is 11.8 Å². The highest BCUT2D eigenvalue weighted by atomic mass is 32.1. The predicted octanol–water partition coefficient (Wildman–Crippen LogP) is 2.75. The molecule has 23 heavy (non-hydrogen) atoms. The summed E-state index contributed by atoms with van der Waals surface area (Å²) in [6, 6.07) is -0.0771. The number of thiazole rings is 1. The van der Waals surface area contributed by atoms with Gasteiger partial charge in [0.1, 0.15) is 5.01 Å². The van der Waals surface area contributed by atoms with Gasteiger partial charge in [-0.05, 0) is 25.7 Å². The number of nitrogens with one attached hydrogen (secondary N) is 1. The summed E-state index contributed by atoms with van der Waals surface area (Å²) in [5, 5.41) is 5.94. The van der Waals surface area contributed by atoms with Gasteiger partial charge in [0.2, 0.25) is 11.8 Å². The summed E-state index contributed by atoms with van der Waals surface area (Å²) in [6.45, 7) is 3.14. The van der Waals surface area contributed by atoms with Crippen molar-refractivity contribution in [1.82, 2.24) is 15.2 Å². The molecule has 2 heterocycles. The van der Waals surface area contributed by atoms with Gasteiger partial charge in [0.05, 0.1) is 6.04 Å². The van der Waals surface area contributed by atoms with Crippen molar-refractivity contribution in [2.75, 3.05) is 13.1 Å². The van der Waals surface area contributed by atoms with Crippen LogP contribution in [0.3, 0.4) is 0 Å². The Kier molecular flexibility index (Phi) is 5.30. The number of piperidine rings is 1. The van der Waals surface area contributed by atoms with E-state index in [2.05, 4.69) is 10.3 Å². The van der Waals surface area contributed by atoms with Crippen molar-refractivity contribution < 1.29 is 9.59 Å². The van der Waals surface area contributed by atoms with Gasteiger partial charge >= 0.3 is 0 Å². The SMILES string of the molecule is CC(=O)N[C@H](c1nccs1)[C@@H]1CCCN(C(=O)C2CCCC2)C1. The van der Waals surface area contributed by atoms with E-state index in [4.69, 9.17) is 0 Å². The number of aromatic nitrogens is 1. The van der Waals surface area contributed by atoms with E-state index in [1.165, 1.54) is 12.8 Å². The molecule has 0 unspecified atom stereocenters. The van der Waals surface area contributed by atoms with Crippen LogP contribution in [0.2, 0.25) is 0 Å². The summed E-state index contributed by atoms with van der Waals surface area (Å²) in [7, 11) is 0. The first-order valence-electron chi connectivity index (χ1n) is 8.60. The monoisotopic (exact) mass is 335 g/mol. The molecule has 2 fully saturated rings. The van der Waals surface area contributed by atoms with Crippen molar-refractivity contribution in [2.45, 2.75) is 51.5 Å². The fourth-order valence-corrected chi connectivity index (χ4v) is 4.68. The smallest absolute Gasteiger partial charge is 0.225 e. The van der Waals surface area contributed by atoms with Crippen LogP contribution in [0.5, 0.6) is 0 Å². The fraction of sp³-hybridized carbons (Fsp3) is 0.706. The second-order valence-electron chi connectivity index (χ2n) is 6.72. The van der Waals surface area contributed by atoms with Crippen molar-refractivity contribution in [2.24, 2.45) is 11.8 Å². The van der Waals surface area contributed by atoms with Crippen LogP contribution in [0.1, 0.15) is 56.5 Å². The Balaban J connectivity index is 1.70. The van der Waals surface area contributed by atoms with E-state index in [1.807, 2.05) is 10.3 Å². The lowest BCUT2D eigenvalue weighted by atomic mass is 9.89. The molecule has 0 spiro atoms. The summed E-state index contributed by atoms with van der Waals surface area (Å²) in [4.78, 5) is 30.7. The number of amides is 2. The van der Waals surface area contributed by atoms with E-state index in [1.54, 1.807) is 24.5 Å². The quantitative estimate of drug-likeness (QED) is 0.920. The Bertz CT molecular complexity index is 540. The van der Waals surface area contributed by atoms with E-state index in [0.717, 1.165) is 43.8 Å². The standard InChI is InChI=1S/C17H25N3O2S/c1-12(21)19-15(16-18-8-10-23-16)14-7-4-9-20(11-14)17(22)13-5-2-3-6-13/h8,10,13-15H,2-7,9,11H2,1H3,(H,19,21)/t14-,15+/m1/s1. The number of likely N-dealkylation sites (tertiary alicyclic amines) is 1. The van der Waals surface area contributed by atoms with Gasteiger partial charge in [-0.2, -0.15) is 0 Å². The first-order chi connectivity index (χ1) is 11.1. The maximum atomic E-state index is 12.7. The molecular weight excluding hydrogens is 310 g/mol. The molecule has 3 rings (SSSR count). The molecule has 0 aromatic carbocycles. The van der Waals surface area contributed by atoms with Crippen LogP contribution in [0.25, 0.3) is 0 Å². The molecule has 1 aromatic rings. The molecule has 2 aliphatic rings. The molecule has 1 N–H and O–H groups in total. The summed E-state index contributed by atoms with van der Waals surface area (Å²) in [6.07, 6.45) is 8.26. The highest BCUT2D eigenvalue weighted by molar-refractivity contribution is 7.09. The molecule has 1 aromatic heterocycles. The third-order valence-corrected chi connectivity index (χ3v) is 5.88. The van der Waals surface area contributed by atoms with E-state index in [-0.39, 0.29) is 23.8 Å². The predicted molar refractivity (Wildman–Crippen MR) is 89.9 cm³/mol. The fourth-order valence-electron chi connectivity index (χ4n) is 3.90. The van der Waals surface area contributed by atoms with Crippen LogP contribution < -0.4 is 5.32 Å². The summed E-state index contributed by atoms with van der Waals surface area (Å²) in [5.41, 5.74) is 0. The lowest BCUT2D eigenvalue weighted by Crippen LogP contribution is -2.46. The minimum absolute atomic E-state index is 0.0376. The van der Waals surface area contributed by atoms with Gasteiger partial charge in [0.25, 0.3) is 0 Å². The highest BCUT2D eigenvalue weighted by Gasteiger charge is 2.35. The first-order valence-corrected chi connectivity index (χ1v) is 9.48. The summed E-state index contributed by atoms with van der Waals surface area (Å²) >= 11 is 1.57. The molecule has 1 aliphatic heterocycles. The molecule has 126 valence electrons. The number of nitrogens with zero attached hydrogens (tertiary/aromatic N) is 2. The van der Waals surface area contributed by atoms with Gasteiger partial charge in [-0.25, -0.2) is 4.98 Å². The summed E-state index contributed by atoms with van der Waals surface area (Å²) < 4.78 is 0. The Morgan fingerprint density at radius 2 is 2.09 bits per heavy atom. The van der Waals surface area contributed by atoms with Crippen molar-refractivity contribution in [1.29, 1.82) is 0 Å². The Labute approximate surface area is 141 Å². The number of rotatable bonds is 4. The second kappa shape index (κ2) is 7.43. The van der Waals surface area contributed by atoms with E-state index >= 15 is 0 Å². The van der Waals surface area contributed by atoms with Gasteiger partial charge in [0, 0.05) is 43.4 Å². The van der Waals surface area contributed by atoms with E-state index < -0.39 is 0 Å². The lowest BCUT2D eigenvalue weighted by molar-refractivity contribution is -0.137. The molecule has 2 amide bonds. The van der Waals surface area contributed by atoms with Crippen molar-refractivity contribution in [3.63, 3.8) is 0 Å². The first kappa shape index (κ1) is 16.4. The number of hydrogen-bond acceptors (Lipinski definition) is 4. The maximum absolute atomic E-state index is 12.7. The van der Waals surface area contributed by atoms with Crippen molar-refractivity contribution in [3.05, 3.63) is 16.6 Å². The maximum Gasteiger partial charge on any atom is 0.225 e. The van der Waals surface area contributed by atoms with E-state index in [9.17, 15) is 9.59 Å². The zero-order valence-electron chi connectivity index (χ0n) is 13.7. The molecule has 1 saturated heterocycles. The highest BCUT2D eigenvalue weighted by Crippen LogP contribution is 2.33. The normalized spacial score (nSPS) is 23.7. The number of hydrogen-bond donors (Lipinski definition) is 1. The minimum Gasteiger partial charge on any atom is -0.347 e.